The van der Waals surface area contributed by atoms with Crippen molar-refractivity contribution in [3.05, 3.63) is 59.7 Å². The minimum absolute atomic E-state index is 0.0359. The van der Waals surface area contributed by atoms with Crippen molar-refractivity contribution in [1.82, 2.24) is 10.0 Å². The molecule has 1 atom stereocenters. The molecule has 152 valence electrons. The number of sulfonamides is 1. The lowest BCUT2D eigenvalue weighted by Crippen LogP contribution is -2.33. The molecule has 1 amide bonds. The zero-order chi connectivity index (χ0) is 20.7. The van der Waals surface area contributed by atoms with Crippen molar-refractivity contribution >= 4 is 15.9 Å². The summed E-state index contributed by atoms with van der Waals surface area (Å²) in [5.41, 5.74) is 1.35. The maximum atomic E-state index is 12.8. The Kier molecular flexibility index (Phi) is 7.60. The molecule has 7 heteroatoms. The van der Waals surface area contributed by atoms with Crippen LogP contribution in [0.5, 0.6) is 5.75 Å². The first-order valence-electron chi connectivity index (χ1n) is 9.28. The van der Waals surface area contributed by atoms with E-state index in [1.807, 2.05) is 51.1 Å². The lowest BCUT2D eigenvalue weighted by molar-refractivity contribution is 0.0940. The van der Waals surface area contributed by atoms with E-state index in [-0.39, 0.29) is 28.4 Å². The predicted molar refractivity (Wildman–Crippen MR) is 110 cm³/mol. The van der Waals surface area contributed by atoms with Crippen molar-refractivity contribution in [3.63, 3.8) is 0 Å². The molecule has 0 aliphatic heterocycles. The van der Waals surface area contributed by atoms with Gasteiger partial charge in [0, 0.05) is 12.1 Å². The monoisotopic (exact) mass is 404 g/mol. The summed E-state index contributed by atoms with van der Waals surface area (Å²) in [7, 11) is -2.31. The predicted octanol–water partition coefficient (Wildman–Crippen LogP) is 3.13. The van der Waals surface area contributed by atoms with E-state index in [0.717, 1.165) is 12.0 Å². The van der Waals surface area contributed by atoms with Gasteiger partial charge in [-0.2, -0.15) is 0 Å². The topological polar surface area (TPSA) is 84.5 Å². The Morgan fingerprint density at radius 2 is 1.75 bits per heavy atom. The van der Waals surface area contributed by atoms with Crippen molar-refractivity contribution in [2.75, 3.05) is 7.11 Å². The highest BCUT2D eigenvalue weighted by Gasteiger charge is 2.21. The smallest absolute Gasteiger partial charge is 0.255 e. The number of hydrogen-bond donors (Lipinski definition) is 2. The van der Waals surface area contributed by atoms with Crippen LogP contribution in [0.4, 0.5) is 0 Å². The molecule has 0 saturated carbocycles. The van der Waals surface area contributed by atoms with Gasteiger partial charge >= 0.3 is 0 Å². The molecule has 0 saturated heterocycles. The summed E-state index contributed by atoms with van der Waals surface area (Å²) >= 11 is 0. The van der Waals surface area contributed by atoms with Crippen molar-refractivity contribution in [1.29, 1.82) is 0 Å². The van der Waals surface area contributed by atoms with Crippen LogP contribution in [0.1, 0.15) is 43.1 Å². The largest absolute Gasteiger partial charge is 0.496 e. The fourth-order valence-electron chi connectivity index (χ4n) is 2.79. The van der Waals surface area contributed by atoms with Crippen molar-refractivity contribution in [2.24, 2.45) is 0 Å². The third-order valence-electron chi connectivity index (χ3n) is 4.21. The van der Waals surface area contributed by atoms with Crippen LogP contribution in [-0.2, 0) is 16.4 Å². The lowest BCUT2D eigenvalue weighted by Gasteiger charge is -2.16. The fourth-order valence-corrected chi connectivity index (χ4v) is 4.10. The number of nitrogens with one attached hydrogen (secondary N) is 2. The van der Waals surface area contributed by atoms with Crippen LogP contribution in [0.3, 0.4) is 0 Å². The highest BCUT2D eigenvalue weighted by Crippen LogP contribution is 2.23. The molecule has 2 rings (SSSR count). The molecule has 0 fully saturated rings. The van der Waals surface area contributed by atoms with Gasteiger partial charge in [0.1, 0.15) is 5.75 Å². The van der Waals surface area contributed by atoms with E-state index in [1.165, 1.54) is 25.3 Å². The minimum Gasteiger partial charge on any atom is -0.496 e. The molecule has 0 radical (unpaired) electrons. The molecule has 2 aromatic rings. The first-order valence-corrected chi connectivity index (χ1v) is 10.8. The average Bonchev–Trinajstić information content (AvgIpc) is 2.65. The Balaban J connectivity index is 2.14. The lowest BCUT2D eigenvalue weighted by atomic mass is 10.1. The van der Waals surface area contributed by atoms with E-state index in [4.69, 9.17) is 4.74 Å². The van der Waals surface area contributed by atoms with Crippen molar-refractivity contribution < 1.29 is 17.9 Å². The standard InChI is InChI=1S/C21H28N2O4S/c1-15(2)22-21(24)19-14-18(12-13-20(19)27-4)28(25,26)23-16(3)10-11-17-8-6-5-7-9-17/h5-9,12-16,23H,10-11H2,1-4H3,(H,22,24)/t16-/m0/s1. The highest BCUT2D eigenvalue weighted by atomic mass is 32.2. The van der Waals surface area contributed by atoms with Crippen LogP contribution in [0.2, 0.25) is 0 Å². The summed E-state index contributed by atoms with van der Waals surface area (Å²) in [6.07, 6.45) is 1.44. The fraction of sp³-hybridized carbons (Fsp3) is 0.381. The number of carbonyl (C=O) groups excluding carboxylic acids is 1. The van der Waals surface area contributed by atoms with Gasteiger partial charge in [0.25, 0.3) is 5.91 Å². The third-order valence-corrected chi connectivity index (χ3v) is 5.80. The van der Waals surface area contributed by atoms with Crippen molar-refractivity contribution in [2.45, 2.75) is 50.6 Å². The van der Waals surface area contributed by atoms with Gasteiger partial charge in [-0.15, -0.1) is 0 Å². The average molecular weight is 405 g/mol. The van der Waals surface area contributed by atoms with Crippen LogP contribution in [0, 0.1) is 0 Å². The van der Waals surface area contributed by atoms with E-state index in [1.54, 1.807) is 0 Å². The molecule has 0 spiro atoms. The van der Waals surface area contributed by atoms with Gasteiger partial charge in [0.05, 0.1) is 17.6 Å². The molecular formula is C21H28N2O4S. The van der Waals surface area contributed by atoms with Crippen LogP contribution < -0.4 is 14.8 Å². The number of aryl methyl sites for hydroxylation is 1. The number of rotatable bonds is 9. The molecule has 6 nitrogen and oxygen atoms in total. The Morgan fingerprint density at radius 3 is 2.36 bits per heavy atom. The van der Waals surface area contributed by atoms with E-state index in [0.29, 0.717) is 12.2 Å². The van der Waals surface area contributed by atoms with Gasteiger partial charge in [-0.3, -0.25) is 4.79 Å². The second-order valence-electron chi connectivity index (χ2n) is 7.04. The van der Waals surface area contributed by atoms with E-state index >= 15 is 0 Å². The number of methoxy groups -OCH3 is 1. The molecular weight excluding hydrogens is 376 g/mol. The quantitative estimate of drug-likeness (QED) is 0.672. The maximum absolute atomic E-state index is 12.8. The number of amides is 1. The van der Waals surface area contributed by atoms with Gasteiger partial charge < -0.3 is 10.1 Å². The second kappa shape index (κ2) is 9.71. The molecule has 0 aliphatic rings. The zero-order valence-electron chi connectivity index (χ0n) is 16.7. The summed E-state index contributed by atoms with van der Waals surface area (Å²) in [6, 6.07) is 13.9. The van der Waals surface area contributed by atoms with E-state index in [9.17, 15) is 13.2 Å². The van der Waals surface area contributed by atoms with E-state index in [2.05, 4.69) is 10.0 Å². The van der Waals surface area contributed by atoms with Gasteiger partial charge in [-0.05, 0) is 57.4 Å². The van der Waals surface area contributed by atoms with Crippen LogP contribution in [-0.4, -0.2) is 33.5 Å². The summed E-state index contributed by atoms with van der Waals surface area (Å²) in [5, 5.41) is 2.76. The first kappa shape index (κ1) is 21.9. The summed E-state index contributed by atoms with van der Waals surface area (Å²) < 4.78 is 33.4. The SMILES string of the molecule is COc1ccc(S(=O)(=O)N[C@@H](C)CCc2ccccc2)cc1C(=O)NC(C)C. The molecule has 0 bridgehead atoms. The molecule has 28 heavy (non-hydrogen) atoms. The normalized spacial score (nSPS) is 12.6. The number of hydrogen-bond acceptors (Lipinski definition) is 4. The Morgan fingerprint density at radius 1 is 1.07 bits per heavy atom. The Labute approximate surface area is 167 Å². The molecule has 2 N–H and O–H groups in total. The van der Waals surface area contributed by atoms with Gasteiger partial charge in [0.15, 0.2) is 0 Å². The second-order valence-corrected chi connectivity index (χ2v) is 8.75. The van der Waals surface area contributed by atoms with Gasteiger partial charge in [0.2, 0.25) is 10.0 Å². The first-order chi connectivity index (χ1) is 13.2. The summed E-state index contributed by atoms with van der Waals surface area (Å²) in [5.74, 6) is -0.0461. The van der Waals surface area contributed by atoms with Crippen LogP contribution in [0.25, 0.3) is 0 Å². The minimum atomic E-state index is -3.76. The summed E-state index contributed by atoms with van der Waals surface area (Å²) in [4.78, 5) is 12.4. The number of benzene rings is 2. The zero-order valence-corrected chi connectivity index (χ0v) is 17.5. The maximum Gasteiger partial charge on any atom is 0.255 e. The third kappa shape index (κ3) is 6.07. The number of carbonyl (C=O) groups is 1. The van der Waals surface area contributed by atoms with Gasteiger partial charge in [-0.25, -0.2) is 13.1 Å². The Hall–Kier alpha value is -2.38. The van der Waals surface area contributed by atoms with E-state index < -0.39 is 10.0 Å². The van der Waals surface area contributed by atoms with Crippen LogP contribution in [0.15, 0.2) is 53.4 Å². The molecule has 0 heterocycles. The molecule has 0 unspecified atom stereocenters. The Bertz CT molecular complexity index is 896. The molecule has 2 aromatic carbocycles. The highest BCUT2D eigenvalue weighted by molar-refractivity contribution is 7.89. The van der Waals surface area contributed by atoms with Gasteiger partial charge in [-0.1, -0.05) is 30.3 Å². The summed E-state index contributed by atoms with van der Waals surface area (Å²) in [6.45, 7) is 5.50. The molecule has 0 aromatic heterocycles. The van der Waals surface area contributed by atoms with Crippen LogP contribution >= 0.6 is 0 Å². The number of ether oxygens (including phenoxy) is 1. The van der Waals surface area contributed by atoms with Crippen molar-refractivity contribution in [3.8, 4) is 5.75 Å². The molecule has 0 aliphatic carbocycles.